The summed E-state index contributed by atoms with van der Waals surface area (Å²) < 4.78 is 0. The third-order valence-electron chi connectivity index (χ3n) is 3.01. The van der Waals surface area contributed by atoms with Gasteiger partial charge in [0.2, 0.25) is 5.91 Å². The highest BCUT2D eigenvalue weighted by molar-refractivity contribution is 5.92. The predicted molar refractivity (Wildman–Crippen MR) is 81.1 cm³/mol. The summed E-state index contributed by atoms with van der Waals surface area (Å²) in [6, 6.07) is 6.59. The summed E-state index contributed by atoms with van der Waals surface area (Å²) in [5.74, 6) is -0.167. The number of carbonyl (C=O) groups excluding carboxylic acids is 1. The van der Waals surface area contributed by atoms with E-state index in [2.05, 4.69) is 10.3 Å². The van der Waals surface area contributed by atoms with Crippen LogP contribution in [0.15, 0.2) is 36.5 Å². The van der Waals surface area contributed by atoms with Crippen LogP contribution in [0.4, 0.5) is 17.2 Å². The molecule has 0 bridgehead atoms. The van der Waals surface area contributed by atoms with Crippen molar-refractivity contribution in [1.82, 2.24) is 4.98 Å². The molecule has 0 aliphatic heterocycles. The van der Waals surface area contributed by atoms with Gasteiger partial charge in [-0.3, -0.25) is 25.0 Å². The van der Waals surface area contributed by atoms with Crippen LogP contribution in [0.5, 0.6) is 0 Å². The molecule has 1 amide bonds. The van der Waals surface area contributed by atoms with E-state index in [1.165, 1.54) is 12.3 Å². The Bertz CT molecular complexity index is 790. The Morgan fingerprint density at radius 1 is 1.17 bits per heavy atom. The second kappa shape index (κ2) is 6.60. The number of benzene rings is 1. The molecule has 0 atom stereocenters. The lowest BCUT2D eigenvalue weighted by molar-refractivity contribution is -0.394. The summed E-state index contributed by atoms with van der Waals surface area (Å²) >= 11 is 0. The fourth-order valence-electron chi connectivity index (χ4n) is 1.95. The highest BCUT2D eigenvalue weighted by Crippen LogP contribution is 2.25. The van der Waals surface area contributed by atoms with Crippen LogP contribution in [0, 0.1) is 27.2 Å². The lowest BCUT2D eigenvalue weighted by Gasteiger charge is -2.06. The number of nitro groups is 2. The average Bonchev–Trinajstić information content (AvgIpc) is 2.47. The van der Waals surface area contributed by atoms with E-state index < -0.39 is 27.1 Å². The van der Waals surface area contributed by atoms with Gasteiger partial charge in [0.05, 0.1) is 22.3 Å². The van der Waals surface area contributed by atoms with E-state index in [4.69, 9.17) is 0 Å². The molecule has 1 heterocycles. The Labute approximate surface area is 130 Å². The predicted octanol–water partition coefficient (Wildman–Crippen LogP) is 2.39. The molecule has 1 aromatic carbocycles. The van der Waals surface area contributed by atoms with Gasteiger partial charge in [0, 0.05) is 17.8 Å². The molecule has 0 radical (unpaired) electrons. The fraction of sp³-hybridized carbons (Fsp3) is 0.143. The number of nitrogens with zero attached hydrogens (tertiary/aromatic N) is 3. The first-order valence-corrected chi connectivity index (χ1v) is 6.51. The lowest BCUT2D eigenvalue weighted by Crippen LogP contribution is -2.16. The minimum Gasteiger partial charge on any atom is -0.310 e. The van der Waals surface area contributed by atoms with Gasteiger partial charge in [-0.1, -0.05) is 0 Å². The van der Waals surface area contributed by atoms with Crippen LogP contribution < -0.4 is 5.32 Å². The summed E-state index contributed by atoms with van der Waals surface area (Å²) in [5.41, 5.74) is 0.120. The summed E-state index contributed by atoms with van der Waals surface area (Å²) in [5, 5.41) is 24.2. The first-order chi connectivity index (χ1) is 10.9. The molecule has 1 aromatic heterocycles. The maximum absolute atomic E-state index is 12.0. The molecule has 1 N–H and O–H groups in total. The van der Waals surface area contributed by atoms with E-state index >= 15 is 0 Å². The number of nitro benzene ring substituents is 2. The van der Waals surface area contributed by atoms with Crippen molar-refractivity contribution in [2.24, 2.45) is 0 Å². The van der Waals surface area contributed by atoms with E-state index in [-0.39, 0.29) is 12.0 Å². The van der Waals surface area contributed by atoms with Gasteiger partial charge in [-0.2, -0.15) is 0 Å². The SMILES string of the molecule is Cc1ccnc(NC(=O)Cc2ccc([N+](=O)[O-])cc2[N+](=O)[O-])c1. The standard InChI is InChI=1S/C14H12N4O5/c1-9-4-5-15-13(6-9)16-14(19)7-10-2-3-11(17(20)21)8-12(10)18(22)23/h2-6,8H,7H2,1H3,(H,15,16,19). The first kappa shape index (κ1) is 16.0. The zero-order chi connectivity index (χ0) is 17.0. The Morgan fingerprint density at radius 2 is 1.91 bits per heavy atom. The van der Waals surface area contributed by atoms with Crippen LogP contribution in [0.1, 0.15) is 11.1 Å². The van der Waals surface area contributed by atoms with Crippen molar-refractivity contribution in [2.45, 2.75) is 13.3 Å². The van der Waals surface area contributed by atoms with E-state index in [1.54, 1.807) is 12.1 Å². The van der Waals surface area contributed by atoms with Crippen molar-refractivity contribution >= 4 is 23.1 Å². The van der Waals surface area contributed by atoms with Gasteiger partial charge in [-0.25, -0.2) is 4.98 Å². The largest absolute Gasteiger partial charge is 0.310 e. The van der Waals surface area contributed by atoms with Gasteiger partial charge in [0.25, 0.3) is 11.4 Å². The molecule has 2 aromatic rings. The molecule has 2 rings (SSSR count). The Kier molecular flexibility index (Phi) is 4.60. The zero-order valence-electron chi connectivity index (χ0n) is 12.1. The van der Waals surface area contributed by atoms with Gasteiger partial charge < -0.3 is 5.32 Å². The molecular formula is C14H12N4O5. The fourth-order valence-corrected chi connectivity index (χ4v) is 1.95. The summed E-state index contributed by atoms with van der Waals surface area (Å²) in [4.78, 5) is 36.2. The van der Waals surface area contributed by atoms with Gasteiger partial charge >= 0.3 is 0 Å². The van der Waals surface area contributed by atoms with Crippen molar-refractivity contribution in [3.63, 3.8) is 0 Å². The smallest absolute Gasteiger partial charge is 0.279 e. The number of non-ortho nitro benzene ring substituents is 1. The van der Waals surface area contributed by atoms with Crippen LogP contribution in [0.3, 0.4) is 0 Å². The zero-order valence-corrected chi connectivity index (χ0v) is 12.1. The van der Waals surface area contributed by atoms with Crippen LogP contribution in [0.25, 0.3) is 0 Å². The van der Waals surface area contributed by atoms with Crippen molar-refractivity contribution < 1.29 is 14.6 Å². The molecule has 0 unspecified atom stereocenters. The van der Waals surface area contributed by atoms with Crippen LogP contribution >= 0.6 is 0 Å². The molecule has 0 saturated heterocycles. The molecule has 0 aliphatic carbocycles. The molecule has 9 nitrogen and oxygen atoms in total. The van der Waals surface area contributed by atoms with Gasteiger partial charge in [0.15, 0.2) is 0 Å². The highest BCUT2D eigenvalue weighted by Gasteiger charge is 2.21. The van der Waals surface area contributed by atoms with E-state index in [1.807, 2.05) is 6.92 Å². The number of aromatic nitrogens is 1. The second-order valence-electron chi connectivity index (χ2n) is 4.77. The Balaban J connectivity index is 2.20. The molecule has 118 valence electrons. The summed E-state index contributed by atoms with van der Waals surface area (Å²) in [6.07, 6.45) is 1.24. The number of hydrogen-bond acceptors (Lipinski definition) is 6. The Morgan fingerprint density at radius 3 is 2.52 bits per heavy atom. The van der Waals surface area contributed by atoms with Crippen molar-refractivity contribution in [3.05, 3.63) is 67.9 Å². The van der Waals surface area contributed by atoms with Crippen molar-refractivity contribution in [3.8, 4) is 0 Å². The minimum atomic E-state index is -0.749. The molecule has 0 spiro atoms. The molecule has 0 fully saturated rings. The summed E-state index contributed by atoms with van der Waals surface area (Å²) in [6.45, 7) is 1.83. The second-order valence-corrected chi connectivity index (χ2v) is 4.77. The van der Waals surface area contributed by atoms with Crippen molar-refractivity contribution in [1.29, 1.82) is 0 Å². The number of carbonyl (C=O) groups is 1. The first-order valence-electron chi connectivity index (χ1n) is 6.51. The quantitative estimate of drug-likeness (QED) is 0.666. The van der Waals surface area contributed by atoms with Crippen LogP contribution in [-0.2, 0) is 11.2 Å². The summed E-state index contributed by atoms with van der Waals surface area (Å²) in [7, 11) is 0. The number of aryl methyl sites for hydroxylation is 1. The Hall–Kier alpha value is -3.36. The highest BCUT2D eigenvalue weighted by atomic mass is 16.6. The van der Waals surface area contributed by atoms with Crippen LogP contribution in [0.2, 0.25) is 0 Å². The van der Waals surface area contributed by atoms with Crippen LogP contribution in [-0.4, -0.2) is 20.7 Å². The minimum absolute atomic E-state index is 0.0887. The number of rotatable bonds is 5. The van der Waals surface area contributed by atoms with Gasteiger partial charge in [-0.15, -0.1) is 0 Å². The number of nitrogens with one attached hydrogen (secondary N) is 1. The maximum Gasteiger partial charge on any atom is 0.279 e. The number of pyridine rings is 1. The number of amides is 1. The molecule has 0 aliphatic rings. The monoisotopic (exact) mass is 316 g/mol. The maximum atomic E-state index is 12.0. The normalized spacial score (nSPS) is 10.1. The molecule has 23 heavy (non-hydrogen) atoms. The van der Waals surface area contributed by atoms with Crippen molar-refractivity contribution in [2.75, 3.05) is 5.32 Å². The molecule has 9 heteroatoms. The molecular weight excluding hydrogens is 304 g/mol. The van der Waals surface area contributed by atoms with E-state index in [9.17, 15) is 25.0 Å². The third-order valence-corrected chi connectivity index (χ3v) is 3.01. The topological polar surface area (TPSA) is 128 Å². The van der Waals surface area contributed by atoms with Gasteiger partial charge in [-0.05, 0) is 30.7 Å². The van der Waals surface area contributed by atoms with E-state index in [0.717, 1.165) is 17.7 Å². The number of anilines is 1. The average molecular weight is 316 g/mol. The molecule has 0 saturated carbocycles. The number of hydrogen-bond donors (Lipinski definition) is 1. The lowest BCUT2D eigenvalue weighted by atomic mass is 10.1. The third kappa shape index (κ3) is 4.06. The van der Waals surface area contributed by atoms with E-state index in [0.29, 0.717) is 5.82 Å². The van der Waals surface area contributed by atoms with Gasteiger partial charge in [0.1, 0.15) is 5.82 Å².